The summed E-state index contributed by atoms with van der Waals surface area (Å²) < 4.78 is 0. The summed E-state index contributed by atoms with van der Waals surface area (Å²) in [7, 11) is 0. The third kappa shape index (κ3) is 2.73. The Hall–Kier alpha value is -3.82. The Morgan fingerprint density at radius 2 is 1.23 bits per heavy atom. The number of rotatable bonds is 2. The summed E-state index contributed by atoms with van der Waals surface area (Å²) in [5.41, 5.74) is 8.01. The van der Waals surface area contributed by atoms with Gasteiger partial charge in [0.05, 0.1) is 29.0 Å². The molecule has 1 N–H and O–H groups in total. The van der Waals surface area contributed by atoms with Crippen LogP contribution in [-0.4, -0.2) is 4.98 Å². The average molecular weight is 333 g/mol. The number of allylic oxidation sites excluding steroid dienone is 2. The monoisotopic (exact) mass is 333 g/mol. The molecule has 0 saturated carbocycles. The zero-order valence-electron chi connectivity index (χ0n) is 14.0. The summed E-state index contributed by atoms with van der Waals surface area (Å²) in [4.78, 5) is 3.37. The van der Waals surface area contributed by atoms with Gasteiger partial charge in [0.25, 0.3) is 0 Å². The van der Waals surface area contributed by atoms with Crippen LogP contribution < -0.4 is 0 Å². The Balaban J connectivity index is 1.76. The van der Waals surface area contributed by atoms with Crippen molar-refractivity contribution in [3.63, 3.8) is 0 Å². The molecule has 3 heteroatoms. The molecular weight excluding hydrogens is 318 g/mol. The highest BCUT2D eigenvalue weighted by Gasteiger charge is 2.18. The third-order valence-electron chi connectivity index (χ3n) is 4.60. The number of hydrogen-bond donors (Lipinski definition) is 1. The Morgan fingerprint density at radius 3 is 1.81 bits per heavy atom. The maximum Gasteiger partial charge on any atom is 0.0991 e. The van der Waals surface area contributed by atoms with Crippen molar-refractivity contribution in [2.45, 2.75) is 6.42 Å². The lowest BCUT2D eigenvalue weighted by Gasteiger charge is -2.11. The van der Waals surface area contributed by atoms with Crippen molar-refractivity contribution in [3.05, 3.63) is 106 Å². The van der Waals surface area contributed by atoms with Crippen LogP contribution in [0.5, 0.6) is 0 Å². The van der Waals surface area contributed by atoms with Gasteiger partial charge >= 0.3 is 0 Å². The van der Waals surface area contributed by atoms with Gasteiger partial charge in [-0.25, -0.2) is 0 Å². The van der Waals surface area contributed by atoms with Gasteiger partial charge in [-0.1, -0.05) is 36.4 Å². The van der Waals surface area contributed by atoms with Gasteiger partial charge < -0.3 is 4.98 Å². The second kappa shape index (κ2) is 6.59. The van der Waals surface area contributed by atoms with E-state index in [1.807, 2.05) is 54.7 Å². The summed E-state index contributed by atoms with van der Waals surface area (Å²) in [5, 5.41) is 18.0. The lowest BCUT2D eigenvalue weighted by atomic mass is 9.94. The third-order valence-corrected chi connectivity index (χ3v) is 4.60. The Bertz CT molecular complexity index is 1010. The molecule has 1 aliphatic rings. The SMILES string of the molecule is N#Cc1ccc(C2=CCC=C(c3ccc(C#N)cc3)c3[nH]ccc32)cc1. The largest absolute Gasteiger partial charge is 0.361 e. The van der Waals surface area contributed by atoms with Crippen LogP contribution in [0.15, 0.2) is 72.9 Å². The van der Waals surface area contributed by atoms with Crippen LogP contribution in [0, 0.1) is 22.7 Å². The molecule has 0 atom stereocenters. The van der Waals surface area contributed by atoms with Gasteiger partial charge in [-0.15, -0.1) is 0 Å². The number of hydrogen-bond acceptors (Lipinski definition) is 2. The standard InChI is InChI=1S/C23H15N3/c24-14-16-4-8-18(9-5-16)20-2-1-3-21(23-22(20)12-13-26-23)19-10-6-17(15-25)7-11-19/h2-13,26H,1H2. The maximum absolute atomic E-state index is 9.01. The average Bonchev–Trinajstić information content (AvgIpc) is 3.10. The summed E-state index contributed by atoms with van der Waals surface area (Å²) in [6.07, 6.45) is 7.18. The fraction of sp³-hybridized carbons (Fsp3) is 0.0435. The van der Waals surface area contributed by atoms with E-state index < -0.39 is 0 Å². The molecule has 0 radical (unpaired) electrons. The first-order chi connectivity index (χ1) is 12.8. The molecule has 1 aliphatic carbocycles. The zero-order valence-corrected chi connectivity index (χ0v) is 14.0. The van der Waals surface area contributed by atoms with Crippen LogP contribution in [-0.2, 0) is 0 Å². The van der Waals surface area contributed by atoms with Gasteiger partial charge in [-0.3, -0.25) is 0 Å². The zero-order chi connectivity index (χ0) is 17.9. The normalized spacial score (nSPS) is 12.8. The minimum absolute atomic E-state index is 0.658. The van der Waals surface area contributed by atoms with Crippen molar-refractivity contribution < 1.29 is 0 Å². The van der Waals surface area contributed by atoms with E-state index in [0.717, 1.165) is 40.0 Å². The van der Waals surface area contributed by atoms with E-state index in [4.69, 9.17) is 10.5 Å². The molecule has 2 aromatic carbocycles. The molecule has 1 aromatic heterocycles. The topological polar surface area (TPSA) is 63.4 Å². The molecule has 0 saturated heterocycles. The fourth-order valence-electron chi connectivity index (χ4n) is 3.31. The van der Waals surface area contributed by atoms with Gasteiger partial charge in [0.15, 0.2) is 0 Å². The molecule has 0 unspecified atom stereocenters. The van der Waals surface area contributed by atoms with Crippen molar-refractivity contribution in [1.82, 2.24) is 4.98 Å². The van der Waals surface area contributed by atoms with Crippen LogP contribution in [0.1, 0.15) is 39.9 Å². The molecule has 0 aliphatic heterocycles. The van der Waals surface area contributed by atoms with Crippen LogP contribution in [0.4, 0.5) is 0 Å². The fourth-order valence-corrected chi connectivity index (χ4v) is 3.31. The number of aromatic amines is 1. The van der Waals surface area contributed by atoms with E-state index in [-0.39, 0.29) is 0 Å². The minimum atomic E-state index is 0.658. The number of benzene rings is 2. The van der Waals surface area contributed by atoms with E-state index >= 15 is 0 Å². The summed E-state index contributed by atoms with van der Waals surface area (Å²) in [5.74, 6) is 0. The van der Waals surface area contributed by atoms with Gasteiger partial charge in [-0.05, 0) is 53.5 Å². The number of nitriles is 2. The van der Waals surface area contributed by atoms with Crippen LogP contribution in [0.25, 0.3) is 11.1 Å². The highest BCUT2D eigenvalue weighted by molar-refractivity contribution is 5.91. The second-order valence-corrected chi connectivity index (χ2v) is 6.12. The second-order valence-electron chi connectivity index (χ2n) is 6.12. The first kappa shape index (κ1) is 15.7. The van der Waals surface area contributed by atoms with Crippen molar-refractivity contribution in [2.24, 2.45) is 0 Å². The maximum atomic E-state index is 9.01. The van der Waals surface area contributed by atoms with E-state index in [0.29, 0.717) is 11.1 Å². The summed E-state index contributed by atoms with van der Waals surface area (Å²) >= 11 is 0. The lowest BCUT2D eigenvalue weighted by Crippen LogP contribution is -1.93. The molecule has 0 spiro atoms. The highest BCUT2D eigenvalue weighted by atomic mass is 14.7. The molecule has 3 nitrogen and oxygen atoms in total. The van der Waals surface area contributed by atoms with E-state index in [1.54, 1.807) is 0 Å². The molecule has 3 aromatic rings. The van der Waals surface area contributed by atoms with Crippen molar-refractivity contribution in [3.8, 4) is 12.1 Å². The smallest absolute Gasteiger partial charge is 0.0991 e. The quantitative estimate of drug-likeness (QED) is 0.715. The van der Waals surface area contributed by atoms with Gasteiger partial charge in [0.2, 0.25) is 0 Å². The molecule has 0 amide bonds. The minimum Gasteiger partial charge on any atom is -0.361 e. The van der Waals surface area contributed by atoms with Crippen LogP contribution in [0.3, 0.4) is 0 Å². The number of fused-ring (bicyclic) bond motifs is 1. The predicted octanol–water partition coefficient (Wildman–Crippen LogP) is 5.03. The van der Waals surface area contributed by atoms with Crippen molar-refractivity contribution >= 4 is 11.1 Å². The van der Waals surface area contributed by atoms with Crippen molar-refractivity contribution in [1.29, 1.82) is 10.5 Å². The van der Waals surface area contributed by atoms with Gasteiger partial charge in [0, 0.05) is 17.3 Å². The summed E-state index contributed by atoms with van der Waals surface area (Å²) in [6.45, 7) is 0. The van der Waals surface area contributed by atoms with Gasteiger partial charge in [-0.2, -0.15) is 10.5 Å². The van der Waals surface area contributed by atoms with Crippen LogP contribution >= 0.6 is 0 Å². The molecular formula is C23H15N3. The molecule has 26 heavy (non-hydrogen) atoms. The number of aromatic nitrogens is 1. The molecule has 4 rings (SSSR count). The predicted molar refractivity (Wildman–Crippen MR) is 102 cm³/mol. The number of nitrogens with one attached hydrogen (secondary N) is 1. The molecule has 0 fully saturated rings. The molecule has 1 heterocycles. The van der Waals surface area contributed by atoms with Crippen LogP contribution in [0.2, 0.25) is 0 Å². The van der Waals surface area contributed by atoms with Crippen molar-refractivity contribution in [2.75, 3.05) is 0 Å². The van der Waals surface area contributed by atoms with E-state index in [2.05, 4.69) is 35.3 Å². The first-order valence-electron chi connectivity index (χ1n) is 8.39. The van der Waals surface area contributed by atoms with E-state index in [1.165, 1.54) is 0 Å². The molecule has 0 bridgehead atoms. The molecule has 122 valence electrons. The Morgan fingerprint density at radius 1 is 0.692 bits per heavy atom. The lowest BCUT2D eigenvalue weighted by molar-refractivity contribution is 1.32. The Labute approximate surface area is 152 Å². The number of nitrogens with zero attached hydrogens (tertiary/aromatic N) is 2. The summed E-state index contributed by atoms with van der Waals surface area (Å²) in [6, 6.07) is 21.8. The van der Waals surface area contributed by atoms with Gasteiger partial charge in [0.1, 0.15) is 0 Å². The first-order valence-corrected chi connectivity index (χ1v) is 8.39. The Kier molecular flexibility index (Phi) is 3.98. The highest BCUT2D eigenvalue weighted by Crippen LogP contribution is 2.35. The van der Waals surface area contributed by atoms with E-state index in [9.17, 15) is 0 Å². The number of H-pyrrole nitrogens is 1.